The van der Waals surface area contributed by atoms with E-state index in [9.17, 15) is 27.9 Å². The standard InChI is InChI=1S/C28H35ClF3NO4S/c1-6-15-27(24(34)35,33-25(36)37-26(3,4)5)19(7-2)13-11-18-12-14-22(17-23(18)29)38-21-10-8-9-20(16-21)28(30,31)32/h8-10,12,14,16-17,19H,6-7,11,13,15H2,1-5H3,(H,33,36)(H,34,35)/t19?,27-/m0/s1. The molecule has 210 valence electrons. The number of ether oxygens (including phenoxy) is 1. The second kappa shape index (κ2) is 13.1. The molecule has 0 saturated heterocycles. The summed E-state index contributed by atoms with van der Waals surface area (Å²) < 4.78 is 44.4. The molecule has 0 aliphatic carbocycles. The first-order valence-electron chi connectivity index (χ1n) is 12.5. The first kappa shape index (κ1) is 31.8. The van der Waals surface area contributed by atoms with Crippen LogP contribution < -0.4 is 5.32 Å². The van der Waals surface area contributed by atoms with E-state index in [0.717, 1.165) is 17.7 Å². The summed E-state index contributed by atoms with van der Waals surface area (Å²) in [7, 11) is 0. The van der Waals surface area contributed by atoms with Gasteiger partial charge in [0.15, 0.2) is 0 Å². The number of benzene rings is 2. The lowest BCUT2D eigenvalue weighted by Crippen LogP contribution is -2.60. The van der Waals surface area contributed by atoms with Crippen LogP contribution in [0.5, 0.6) is 0 Å². The van der Waals surface area contributed by atoms with Crippen molar-refractivity contribution in [2.24, 2.45) is 5.92 Å². The number of hydrogen-bond donors (Lipinski definition) is 2. The Balaban J connectivity index is 2.21. The number of nitrogens with one attached hydrogen (secondary N) is 1. The zero-order valence-corrected chi connectivity index (χ0v) is 23.8. The summed E-state index contributed by atoms with van der Waals surface area (Å²) in [6.07, 6.45) is -3.01. The van der Waals surface area contributed by atoms with Gasteiger partial charge in [-0.3, -0.25) is 0 Å². The smallest absolute Gasteiger partial charge is 0.416 e. The predicted octanol–water partition coefficient (Wildman–Crippen LogP) is 8.62. The number of halogens is 4. The summed E-state index contributed by atoms with van der Waals surface area (Å²) in [4.78, 5) is 26.2. The number of alkyl halides is 3. The van der Waals surface area contributed by atoms with Crippen LogP contribution in [0.4, 0.5) is 18.0 Å². The number of carbonyl (C=O) groups is 2. The van der Waals surface area contributed by atoms with Crippen LogP contribution in [0.3, 0.4) is 0 Å². The van der Waals surface area contributed by atoms with Gasteiger partial charge in [0, 0.05) is 14.8 Å². The molecule has 2 aromatic carbocycles. The zero-order chi connectivity index (χ0) is 28.7. The Morgan fingerprint density at radius 3 is 2.26 bits per heavy atom. The molecule has 10 heteroatoms. The average Bonchev–Trinajstić information content (AvgIpc) is 2.78. The highest BCUT2D eigenvalue weighted by molar-refractivity contribution is 7.99. The fourth-order valence-corrected chi connectivity index (χ4v) is 5.64. The van der Waals surface area contributed by atoms with E-state index < -0.39 is 40.9 Å². The molecule has 0 aliphatic rings. The number of rotatable bonds is 11. The van der Waals surface area contributed by atoms with E-state index in [1.54, 1.807) is 45.0 Å². The Kier molecular flexibility index (Phi) is 11.0. The van der Waals surface area contributed by atoms with Crippen LogP contribution in [-0.4, -0.2) is 28.3 Å². The van der Waals surface area contributed by atoms with E-state index in [0.29, 0.717) is 40.5 Å². The number of carbonyl (C=O) groups excluding carboxylic acids is 1. The third-order valence-corrected chi connectivity index (χ3v) is 7.45. The molecule has 1 amide bonds. The summed E-state index contributed by atoms with van der Waals surface area (Å²) in [5.41, 5.74) is -2.21. The average molecular weight is 574 g/mol. The Hall–Kier alpha value is -2.39. The maximum atomic E-state index is 13.0. The van der Waals surface area contributed by atoms with E-state index in [1.165, 1.54) is 17.8 Å². The fourth-order valence-electron chi connectivity index (χ4n) is 4.38. The van der Waals surface area contributed by atoms with Crippen molar-refractivity contribution in [2.45, 2.75) is 93.8 Å². The highest BCUT2D eigenvalue weighted by Gasteiger charge is 2.46. The van der Waals surface area contributed by atoms with Gasteiger partial charge in [-0.05, 0) is 81.8 Å². The summed E-state index contributed by atoms with van der Waals surface area (Å²) in [6, 6.07) is 10.4. The van der Waals surface area contributed by atoms with Crippen LogP contribution in [-0.2, 0) is 22.1 Å². The highest BCUT2D eigenvalue weighted by atomic mass is 35.5. The van der Waals surface area contributed by atoms with Gasteiger partial charge in [-0.15, -0.1) is 0 Å². The van der Waals surface area contributed by atoms with Gasteiger partial charge >= 0.3 is 18.2 Å². The van der Waals surface area contributed by atoms with Gasteiger partial charge in [0.25, 0.3) is 0 Å². The van der Waals surface area contributed by atoms with E-state index >= 15 is 0 Å². The Labute approximate surface area is 231 Å². The number of amides is 1. The van der Waals surface area contributed by atoms with E-state index in [-0.39, 0.29) is 6.42 Å². The largest absolute Gasteiger partial charge is 0.479 e. The van der Waals surface area contributed by atoms with Crippen molar-refractivity contribution in [1.29, 1.82) is 0 Å². The van der Waals surface area contributed by atoms with Gasteiger partial charge in [0.2, 0.25) is 0 Å². The van der Waals surface area contributed by atoms with Gasteiger partial charge in [-0.2, -0.15) is 13.2 Å². The molecule has 0 radical (unpaired) electrons. The monoisotopic (exact) mass is 573 g/mol. The molecular formula is C28H35ClF3NO4S. The van der Waals surface area contributed by atoms with E-state index in [1.807, 2.05) is 13.8 Å². The zero-order valence-electron chi connectivity index (χ0n) is 22.2. The van der Waals surface area contributed by atoms with Gasteiger partial charge in [-0.25, -0.2) is 9.59 Å². The molecule has 0 saturated carbocycles. The Bertz CT molecular complexity index is 1120. The molecule has 0 aliphatic heterocycles. The Morgan fingerprint density at radius 1 is 1.08 bits per heavy atom. The minimum atomic E-state index is -4.42. The van der Waals surface area contributed by atoms with Crippen molar-refractivity contribution < 1.29 is 32.6 Å². The van der Waals surface area contributed by atoms with Crippen molar-refractivity contribution in [1.82, 2.24) is 5.32 Å². The molecule has 1 unspecified atom stereocenters. The maximum absolute atomic E-state index is 13.0. The molecule has 38 heavy (non-hydrogen) atoms. The van der Waals surface area contributed by atoms with Crippen LogP contribution in [0.15, 0.2) is 52.3 Å². The number of carboxylic acids is 1. The molecule has 2 atom stereocenters. The van der Waals surface area contributed by atoms with Crippen LogP contribution in [0.2, 0.25) is 5.02 Å². The van der Waals surface area contributed by atoms with E-state index in [4.69, 9.17) is 16.3 Å². The summed E-state index contributed by atoms with van der Waals surface area (Å²) in [6.45, 7) is 8.87. The predicted molar refractivity (Wildman–Crippen MR) is 144 cm³/mol. The molecule has 0 bridgehead atoms. The van der Waals surface area contributed by atoms with Crippen LogP contribution in [0.25, 0.3) is 0 Å². The van der Waals surface area contributed by atoms with Crippen molar-refractivity contribution in [3.63, 3.8) is 0 Å². The topological polar surface area (TPSA) is 75.6 Å². The lowest BCUT2D eigenvalue weighted by Gasteiger charge is -2.38. The number of aliphatic carboxylic acids is 1. The minimum Gasteiger partial charge on any atom is -0.479 e. The normalized spacial score (nSPS) is 14.4. The quantitative estimate of drug-likeness (QED) is 0.281. The second-order valence-corrected chi connectivity index (χ2v) is 11.7. The van der Waals surface area contributed by atoms with Gasteiger partial charge in [-0.1, -0.05) is 62.2 Å². The number of hydrogen-bond acceptors (Lipinski definition) is 4. The first-order chi connectivity index (χ1) is 17.6. The SMILES string of the molecule is CCC[C@@](NC(=O)OC(C)(C)C)(C(=O)O)C(CC)CCc1ccc(Sc2cccc(C(F)(F)F)c2)cc1Cl. The minimum absolute atomic E-state index is 0.236. The molecule has 5 nitrogen and oxygen atoms in total. The van der Waals surface area contributed by atoms with Crippen molar-refractivity contribution in [2.75, 3.05) is 0 Å². The molecule has 0 spiro atoms. The summed E-state index contributed by atoms with van der Waals surface area (Å²) >= 11 is 7.69. The van der Waals surface area contributed by atoms with Crippen LogP contribution in [0.1, 0.15) is 71.4 Å². The molecule has 2 rings (SSSR count). The third kappa shape index (κ3) is 8.83. The molecule has 0 fully saturated rings. The third-order valence-electron chi connectivity index (χ3n) is 6.12. The van der Waals surface area contributed by atoms with Crippen molar-refractivity contribution in [3.05, 3.63) is 58.6 Å². The molecular weight excluding hydrogens is 539 g/mol. The first-order valence-corrected chi connectivity index (χ1v) is 13.7. The number of aryl methyl sites for hydroxylation is 1. The van der Waals surface area contributed by atoms with E-state index in [2.05, 4.69) is 5.32 Å². The van der Waals surface area contributed by atoms with Gasteiger partial charge in [0.05, 0.1) is 5.56 Å². The number of carboxylic acid groups (broad SMARTS) is 1. The molecule has 2 N–H and O–H groups in total. The summed E-state index contributed by atoms with van der Waals surface area (Å²) in [5, 5.41) is 13.3. The molecule has 0 heterocycles. The van der Waals surface area contributed by atoms with Crippen molar-refractivity contribution >= 4 is 35.4 Å². The molecule has 2 aromatic rings. The van der Waals surface area contributed by atoms with Crippen LogP contribution in [0, 0.1) is 5.92 Å². The highest BCUT2D eigenvalue weighted by Crippen LogP contribution is 2.37. The lowest BCUT2D eigenvalue weighted by molar-refractivity contribution is -0.148. The maximum Gasteiger partial charge on any atom is 0.416 e. The van der Waals surface area contributed by atoms with Gasteiger partial charge in [0.1, 0.15) is 11.1 Å². The molecule has 0 aromatic heterocycles. The summed E-state index contributed by atoms with van der Waals surface area (Å²) in [5.74, 6) is -1.52. The Morgan fingerprint density at radius 2 is 1.74 bits per heavy atom. The lowest BCUT2D eigenvalue weighted by atomic mass is 9.75. The van der Waals surface area contributed by atoms with Gasteiger partial charge < -0.3 is 15.2 Å². The second-order valence-electron chi connectivity index (χ2n) is 10.2. The number of alkyl carbamates (subject to hydrolysis) is 1. The fraction of sp³-hybridized carbons (Fsp3) is 0.500. The van der Waals surface area contributed by atoms with Crippen molar-refractivity contribution in [3.8, 4) is 0 Å². The van der Waals surface area contributed by atoms with Crippen LogP contribution >= 0.6 is 23.4 Å².